The topological polar surface area (TPSA) is 132 Å². The van der Waals surface area contributed by atoms with E-state index in [4.69, 9.17) is 19.6 Å². The van der Waals surface area contributed by atoms with Crippen molar-refractivity contribution in [3.63, 3.8) is 0 Å². The van der Waals surface area contributed by atoms with Crippen molar-refractivity contribution >= 4 is 32.1 Å². The third-order valence-corrected chi connectivity index (χ3v) is 6.34. The summed E-state index contributed by atoms with van der Waals surface area (Å²) in [5.41, 5.74) is 0. The highest BCUT2D eigenvalue weighted by molar-refractivity contribution is 8.14. The average molecular weight is 264 g/mol. The summed E-state index contributed by atoms with van der Waals surface area (Å²) in [6.07, 6.45) is 0. The molecule has 0 spiro atoms. The molecule has 0 bridgehead atoms. The number of carbonyl (C=O) groups is 1. The Kier molecular flexibility index (Phi) is 5.01. The molecule has 0 aromatic carbocycles. The molecule has 0 aliphatic heterocycles. The van der Waals surface area contributed by atoms with Gasteiger partial charge in [0.05, 0.1) is 0 Å². The van der Waals surface area contributed by atoms with Gasteiger partial charge in [0.25, 0.3) is 0 Å². The first-order chi connectivity index (χ1) is 6.05. The fraction of sp³-hybridized carbons (Fsp3) is 0.750. The van der Waals surface area contributed by atoms with Crippen LogP contribution in [0.25, 0.3) is 0 Å². The highest BCUT2D eigenvalue weighted by Crippen LogP contribution is 2.60. The van der Waals surface area contributed by atoms with Crippen LogP contribution in [0.4, 0.5) is 0 Å². The van der Waals surface area contributed by atoms with E-state index in [1.165, 1.54) is 0 Å². The van der Waals surface area contributed by atoms with Crippen molar-refractivity contribution in [1.82, 2.24) is 0 Å². The second kappa shape index (κ2) is 4.90. The zero-order valence-corrected chi connectivity index (χ0v) is 9.71. The molecular weight excluding hydrogens is 254 g/mol. The Hall–Kier alpha value is 0.320. The molecule has 0 saturated carbocycles. The minimum absolute atomic E-state index is 0.461. The summed E-state index contributed by atoms with van der Waals surface area (Å²) in [5.74, 6) is -0.593. The van der Waals surface area contributed by atoms with Gasteiger partial charge in [-0.1, -0.05) is 11.8 Å². The van der Waals surface area contributed by atoms with Gasteiger partial charge in [0.1, 0.15) is 0 Å². The molecule has 0 aliphatic rings. The van der Waals surface area contributed by atoms with E-state index in [0.717, 1.165) is 6.92 Å². The van der Waals surface area contributed by atoms with Crippen LogP contribution >= 0.6 is 27.0 Å². The number of rotatable bonds is 4. The minimum Gasteiger partial charge on any atom is -0.324 e. The minimum atomic E-state index is -4.89. The van der Waals surface area contributed by atoms with Crippen molar-refractivity contribution in [3.05, 3.63) is 0 Å². The van der Waals surface area contributed by atoms with Gasteiger partial charge >= 0.3 is 15.2 Å². The first-order valence-electron chi connectivity index (χ1n) is 3.29. The van der Waals surface area contributed by atoms with Crippen molar-refractivity contribution in [2.24, 2.45) is 0 Å². The Morgan fingerprint density at radius 1 is 1.21 bits per heavy atom. The Morgan fingerprint density at radius 3 is 1.79 bits per heavy atom. The standard InChI is InChI=1S/C4H10O7P2S/c1-3(5)14-2-4(12(6,7)8)13(9,10)11/h4H,2H2,1H3,(H2,6,7,8)(H2,9,10,11). The molecule has 0 amide bonds. The molecule has 10 heteroatoms. The second-order valence-corrected chi connectivity index (χ2v) is 7.67. The summed E-state index contributed by atoms with van der Waals surface area (Å²) < 4.78 is 21.3. The van der Waals surface area contributed by atoms with Gasteiger partial charge in [-0.05, 0) is 0 Å². The van der Waals surface area contributed by atoms with Gasteiger partial charge in [0, 0.05) is 12.7 Å². The largest absolute Gasteiger partial charge is 0.341 e. The number of hydrogen-bond donors (Lipinski definition) is 4. The van der Waals surface area contributed by atoms with Crippen LogP contribution in [0.1, 0.15) is 6.92 Å². The van der Waals surface area contributed by atoms with Crippen molar-refractivity contribution in [1.29, 1.82) is 0 Å². The quantitative estimate of drug-likeness (QED) is 0.519. The van der Waals surface area contributed by atoms with Gasteiger partial charge in [0.15, 0.2) is 10.5 Å². The first kappa shape index (κ1) is 14.3. The lowest BCUT2D eigenvalue weighted by Gasteiger charge is -2.18. The molecule has 0 aromatic rings. The van der Waals surface area contributed by atoms with Crippen molar-refractivity contribution in [3.8, 4) is 0 Å². The number of carbonyl (C=O) groups excluding carboxylic acids is 1. The fourth-order valence-electron chi connectivity index (χ4n) is 0.582. The molecule has 0 saturated heterocycles. The molecule has 0 radical (unpaired) electrons. The molecule has 0 fully saturated rings. The van der Waals surface area contributed by atoms with Crippen molar-refractivity contribution in [2.75, 3.05) is 5.75 Å². The summed E-state index contributed by atoms with van der Waals surface area (Å²) in [6, 6.07) is 0. The highest BCUT2D eigenvalue weighted by Gasteiger charge is 2.43. The van der Waals surface area contributed by atoms with Crippen LogP contribution in [0.3, 0.4) is 0 Å². The van der Waals surface area contributed by atoms with E-state index in [9.17, 15) is 13.9 Å². The molecule has 4 N–H and O–H groups in total. The molecule has 0 aromatic heterocycles. The normalized spacial score (nSPS) is 13.3. The molecule has 0 rings (SSSR count). The van der Waals surface area contributed by atoms with E-state index >= 15 is 0 Å². The summed E-state index contributed by atoms with van der Waals surface area (Å²) in [4.78, 5) is 44.9. The van der Waals surface area contributed by atoms with E-state index in [2.05, 4.69) is 0 Å². The summed E-state index contributed by atoms with van der Waals surface area (Å²) in [6.45, 7) is 1.14. The molecule has 7 nitrogen and oxygen atoms in total. The van der Waals surface area contributed by atoms with Gasteiger partial charge < -0.3 is 19.6 Å². The van der Waals surface area contributed by atoms with Gasteiger partial charge in [-0.3, -0.25) is 13.9 Å². The van der Waals surface area contributed by atoms with Crippen molar-refractivity contribution < 1.29 is 33.5 Å². The van der Waals surface area contributed by atoms with Gasteiger partial charge in [-0.15, -0.1) is 0 Å². The lowest BCUT2D eigenvalue weighted by Crippen LogP contribution is -2.13. The first-order valence-corrected chi connectivity index (χ1v) is 7.64. The SMILES string of the molecule is CC(=O)SCC(P(=O)(O)O)P(=O)(O)O. The van der Waals surface area contributed by atoms with Crippen LogP contribution in [-0.2, 0) is 13.9 Å². The Bertz CT molecular complexity index is 281. The maximum absolute atomic E-state index is 10.7. The maximum atomic E-state index is 10.7. The lowest BCUT2D eigenvalue weighted by atomic mass is 10.9. The number of thioether (sulfide) groups is 1. The molecule has 84 valence electrons. The smallest absolute Gasteiger partial charge is 0.324 e. The molecular formula is C4H10O7P2S. The number of hydrogen-bond acceptors (Lipinski definition) is 4. The average Bonchev–Trinajstić information content (AvgIpc) is 1.78. The Morgan fingerprint density at radius 2 is 1.57 bits per heavy atom. The van der Waals surface area contributed by atoms with Crippen LogP contribution in [0, 0.1) is 0 Å². The predicted octanol–water partition coefficient (Wildman–Crippen LogP) is -0.0524. The summed E-state index contributed by atoms with van der Waals surface area (Å²) in [5, 5.41) is -2.57. The zero-order chi connectivity index (χ0) is 11.6. The fourth-order valence-corrected chi connectivity index (χ4v) is 4.53. The van der Waals surface area contributed by atoms with Crippen LogP contribution in [0.2, 0.25) is 0 Å². The Labute approximate surface area is 84.2 Å². The third kappa shape index (κ3) is 5.26. The lowest BCUT2D eigenvalue weighted by molar-refractivity contribution is -0.109. The highest BCUT2D eigenvalue weighted by atomic mass is 32.2. The van der Waals surface area contributed by atoms with E-state index in [0.29, 0.717) is 11.8 Å². The predicted molar refractivity (Wildman–Crippen MR) is 51.0 cm³/mol. The second-order valence-electron chi connectivity index (χ2n) is 2.46. The summed E-state index contributed by atoms with van der Waals surface area (Å²) >= 11 is 0.470. The zero-order valence-electron chi connectivity index (χ0n) is 7.10. The van der Waals surface area contributed by atoms with Gasteiger partial charge in [0.2, 0.25) is 0 Å². The van der Waals surface area contributed by atoms with E-state index in [1.54, 1.807) is 0 Å². The maximum Gasteiger partial charge on any atom is 0.341 e. The molecule has 0 atom stereocenters. The van der Waals surface area contributed by atoms with Crippen LogP contribution in [-0.4, -0.2) is 35.8 Å². The van der Waals surface area contributed by atoms with E-state index in [-0.39, 0.29) is 0 Å². The van der Waals surface area contributed by atoms with E-state index < -0.39 is 31.5 Å². The van der Waals surface area contributed by atoms with Crippen LogP contribution < -0.4 is 0 Å². The molecule has 0 unspecified atom stereocenters. The van der Waals surface area contributed by atoms with Gasteiger partial charge in [-0.25, -0.2) is 0 Å². The third-order valence-electron chi connectivity index (χ3n) is 1.21. The van der Waals surface area contributed by atoms with Crippen LogP contribution in [0.5, 0.6) is 0 Å². The molecule has 0 heterocycles. The van der Waals surface area contributed by atoms with Crippen molar-refractivity contribution in [2.45, 2.75) is 12.3 Å². The molecule has 0 aliphatic carbocycles. The van der Waals surface area contributed by atoms with Crippen LogP contribution in [0.15, 0.2) is 0 Å². The van der Waals surface area contributed by atoms with Gasteiger partial charge in [-0.2, -0.15) is 0 Å². The molecule has 14 heavy (non-hydrogen) atoms. The van der Waals surface area contributed by atoms with E-state index in [1.807, 2.05) is 0 Å². The monoisotopic (exact) mass is 264 g/mol. The Balaban J connectivity index is 4.69. The summed E-state index contributed by atoms with van der Waals surface area (Å²) in [7, 11) is -9.78.